The van der Waals surface area contributed by atoms with Gasteiger partial charge in [0.2, 0.25) is 0 Å². The molecule has 2 N–H and O–H groups in total. The average Bonchev–Trinajstić information content (AvgIpc) is 2.67. The monoisotopic (exact) mass is 216 g/mol. The normalized spacial score (nSPS) is 26.4. The molecule has 0 aromatic rings. The van der Waals surface area contributed by atoms with Crippen molar-refractivity contribution in [3.63, 3.8) is 0 Å². The number of ether oxygens (including phenoxy) is 2. The molecule has 1 aliphatic heterocycles. The Hall–Kier alpha value is -0.160. The molecule has 0 aliphatic carbocycles. The molecule has 1 heterocycles. The van der Waals surface area contributed by atoms with Gasteiger partial charge in [-0.2, -0.15) is 0 Å². The van der Waals surface area contributed by atoms with E-state index in [1.54, 1.807) is 7.11 Å². The van der Waals surface area contributed by atoms with E-state index in [1.165, 1.54) is 0 Å². The van der Waals surface area contributed by atoms with Crippen LogP contribution < -0.4 is 5.73 Å². The SMILES string of the molecule is COCCCN(C)CC1(CN)CCOC1. The molecule has 1 atom stereocenters. The highest BCUT2D eigenvalue weighted by Crippen LogP contribution is 2.27. The maximum atomic E-state index is 5.84. The van der Waals surface area contributed by atoms with Crippen molar-refractivity contribution in [3.05, 3.63) is 0 Å². The molecule has 0 amide bonds. The Morgan fingerprint density at radius 3 is 2.87 bits per heavy atom. The van der Waals surface area contributed by atoms with E-state index in [0.717, 1.165) is 52.3 Å². The Balaban J connectivity index is 2.25. The minimum atomic E-state index is 0.196. The molecule has 0 bridgehead atoms. The third-order valence-corrected chi connectivity index (χ3v) is 3.11. The lowest BCUT2D eigenvalue weighted by molar-refractivity contribution is 0.118. The molecule has 1 rings (SSSR count). The first-order valence-corrected chi connectivity index (χ1v) is 5.68. The second-order valence-corrected chi connectivity index (χ2v) is 4.59. The lowest BCUT2D eigenvalue weighted by Gasteiger charge is -2.30. The van der Waals surface area contributed by atoms with Crippen LogP contribution in [-0.2, 0) is 9.47 Å². The molecule has 1 unspecified atom stereocenters. The van der Waals surface area contributed by atoms with Crippen LogP contribution in [0.2, 0.25) is 0 Å². The summed E-state index contributed by atoms with van der Waals surface area (Å²) in [6.45, 7) is 5.34. The van der Waals surface area contributed by atoms with E-state index in [-0.39, 0.29) is 5.41 Å². The predicted molar refractivity (Wildman–Crippen MR) is 60.9 cm³/mol. The smallest absolute Gasteiger partial charge is 0.0547 e. The number of nitrogens with two attached hydrogens (primary N) is 1. The van der Waals surface area contributed by atoms with Crippen LogP contribution in [-0.4, -0.2) is 58.5 Å². The summed E-state index contributed by atoms with van der Waals surface area (Å²) in [5, 5.41) is 0. The fourth-order valence-electron chi connectivity index (χ4n) is 2.13. The van der Waals surface area contributed by atoms with E-state index >= 15 is 0 Å². The van der Waals surface area contributed by atoms with Crippen molar-refractivity contribution in [2.45, 2.75) is 12.8 Å². The number of nitrogens with zero attached hydrogens (tertiary/aromatic N) is 1. The van der Waals surface area contributed by atoms with Gasteiger partial charge >= 0.3 is 0 Å². The van der Waals surface area contributed by atoms with Crippen LogP contribution >= 0.6 is 0 Å². The summed E-state index contributed by atoms with van der Waals surface area (Å²) in [6, 6.07) is 0. The third-order valence-electron chi connectivity index (χ3n) is 3.11. The molecular formula is C11H24N2O2. The predicted octanol–water partition coefficient (Wildman–Crippen LogP) is 0.320. The fraction of sp³-hybridized carbons (Fsp3) is 1.00. The van der Waals surface area contributed by atoms with Crippen LogP contribution in [0.5, 0.6) is 0 Å². The zero-order valence-electron chi connectivity index (χ0n) is 10.00. The van der Waals surface area contributed by atoms with E-state index in [0.29, 0.717) is 0 Å². The summed E-state index contributed by atoms with van der Waals surface area (Å²) in [5.41, 5.74) is 6.04. The van der Waals surface area contributed by atoms with Gasteiger partial charge in [-0.1, -0.05) is 0 Å². The zero-order valence-corrected chi connectivity index (χ0v) is 10.00. The van der Waals surface area contributed by atoms with Crippen LogP contribution in [0.25, 0.3) is 0 Å². The van der Waals surface area contributed by atoms with Gasteiger partial charge in [0.05, 0.1) is 6.61 Å². The highest BCUT2D eigenvalue weighted by atomic mass is 16.5. The highest BCUT2D eigenvalue weighted by Gasteiger charge is 2.34. The minimum absolute atomic E-state index is 0.196. The van der Waals surface area contributed by atoms with Gasteiger partial charge in [-0.05, 0) is 19.9 Å². The second-order valence-electron chi connectivity index (χ2n) is 4.59. The Bertz CT molecular complexity index is 170. The quantitative estimate of drug-likeness (QED) is 0.623. The molecule has 0 aromatic carbocycles. The summed E-state index contributed by atoms with van der Waals surface area (Å²) in [4.78, 5) is 2.33. The average molecular weight is 216 g/mol. The first-order valence-electron chi connectivity index (χ1n) is 5.68. The van der Waals surface area contributed by atoms with Crippen molar-refractivity contribution < 1.29 is 9.47 Å². The van der Waals surface area contributed by atoms with Gasteiger partial charge < -0.3 is 20.1 Å². The van der Waals surface area contributed by atoms with Gasteiger partial charge in [0, 0.05) is 45.4 Å². The molecule has 90 valence electrons. The summed E-state index contributed by atoms with van der Waals surface area (Å²) >= 11 is 0. The number of methoxy groups -OCH3 is 1. The van der Waals surface area contributed by atoms with Crippen LogP contribution in [0.3, 0.4) is 0 Å². The number of hydrogen-bond donors (Lipinski definition) is 1. The lowest BCUT2D eigenvalue weighted by Crippen LogP contribution is -2.42. The van der Waals surface area contributed by atoms with Crippen LogP contribution in [0.4, 0.5) is 0 Å². The molecule has 1 aliphatic rings. The first-order chi connectivity index (χ1) is 7.22. The molecule has 0 radical (unpaired) electrons. The Morgan fingerprint density at radius 2 is 2.33 bits per heavy atom. The largest absolute Gasteiger partial charge is 0.385 e. The second kappa shape index (κ2) is 6.43. The molecule has 0 aromatic heterocycles. The van der Waals surface area contributed by atoms with Gasteiger partial charge in [-0.15, -0.1) is 0 Å². The summed E-state index contributed by atoms with van der Waals surface area (Å²) in [7, 11) is 3.89. The molecule has 1 fully saturated rings. The molecule has 4 nitrogen and oxygen atoms in total. The van der Waals surface area contributed by atoms with Crippen molar-refractivity contribution in [2.24, 2.45) is 11.1 Å². The van der Waals surface area contributed by atoms with Gasteiger partial charge in [0.15, 0.2) is 0 Å². The van der Waals surface area contributed by atoms with E-state index in [9.17, 15) is 0 Å². The summed E-state index contributed by atoms with van der Waals surface area (Å²) in [5.74, 6) is 0. The Morgan fingerprint density at radius 1 is 1.53 bits per heavy atom. The molecule has 0 saturated carbocycles. The topological polar surface area (TPSA) is 47.7 Å². The third kappa shape index (κ3) is 4.07. The van der Waals surface area contributed by atoms with Crippen molar-refractivity contribution in [1.82, 2.24) is 4.90 Å². The lowest BCUT2D eigenvalue weighted by atomic mass is 9.87. The molecule has 1 saturated heterocycles. The van der Waals surface area contributed by atoms with E-state index < -0.39 is 0 Å². The number of hydrogen-bond acceptors (Lipinski definition) is 4. The van der Waals surface area contributed by atoms with Gasteiger partial charge in [-0.3, -0.25) is 0 Å². The van der Waals surface area contributed by atoms with E-state index in [4.69, 9.17) is 15.2 Å². The van der Waals surface area contributed by atoms with Gasteiger partial charge in [-0.25, -0.2) is 0 Å². The fourth-order valence-corrected chi connectivity index (χ4v) is 2.13. The first kappa shape index (κ1) is 12.9. The molecule has 4 heteroatoms. The number of rotatable bonds is 7. The standard InChI is InChI=1S/C11H24N2O2/c1-13(5-3-6-14-2)9-11(8-12)4-7-15-10-11/h3-10,12H2,1-2H3. The highest BCUT2D eigenvalue weighted by molar-refractivity contribution is 4.86. The molecule has 15 heavy (non-hydrogen) atoms. The minimum Gasteiger partial charge on any atom is -0.385 e. The Labute approximate surface area is 92.7 Å². The van der Waals surface area contributed by atoms with Crippen molar-refractivity contribution >= 4 is 0 Å². The van der Waals surface area contributed by atoms with Crippen LogP contribution in [0.1, 0.15) is 12.8 Å². The van der Waals surface area contributed by atoms with E-state index in [2.05, 4.69) is 11.9 Å². The van der Waals surface area contributed by atoms with Gasteiger partial charge in [0.1, 0.15) is 0 Å². The molecular weight excluding hydrogens is 192 g/mol. The van der Waals surface area contributed by atoms with Crippen molar-refractivity contribution in [2.75, 3.05) is 53.6 Å². The maximum absolute atomic E-state index is 5.84. The Kier molecular flexibility index (Phi) is 5.53. The van der Waals surface area contributed by atoms with Gasteiger partial charge in [0.25, 0.3) is 0 Å². The maximum Gasteiger partial charge on any atom is 0.0547 e. The van der Waals surface area contributed by atoms with Crippen LogP contribution in [0.15, 0.2) is 0 Å². The molecule has 0 spiro atoms. The summed E-state index contributed by atoms with van der Waals surface area (Å²) in [6.07, 6.45) is 2.17. The van der Waals surface area contributed by atoms with Crippen LogP contribution in [0, 0.1) is 5.41 Å². The zero-order chi connectivity index (χ0) is 11.1. The summed E-state index contributed by atoms with van der Waals surface area (Å²) < 4.78 is 10.5. The van der Waals surface area contributed by atoms with Crippen molar-refractivity contribution in [1.29, 1.82) is 0 Å². The van der Waals surface area contributed by atoms with E-state index in [1.807, 2.05) is 0 Å². The van der Waals surface area contributed by atoms with Crippen molar-refractivity contribution in [3.8, 4) is 0 Å².